The number of carbonyl (C=O) groups is 1. The maximum Gasteiger partial charge on any atom is 0.252 e. The topological polar surface area (TPSA) is 41.6 Å². The van der Waals surface area contributed by atoms with E-state index in [2.05, 4.69) is 19.2 Å². The number of carbonyl (C=O) groups excluding carboxylic acids is 1. The number of nitrogens with zero attached hydrogens (tertiary/aromatic N) is 1. The molecule has 4 nitrogen and oxygen atoms in total. The number of hydrogen-bond donors (Lipinski definition) is 1. The van der Waals surface area contributed by atoms with Gasteiger partial charge in [-0.15, -0.1) is 0 Å². The number of likely N-dealkylation sites (N-methyl/N-ethyl adjacent to an activating group) is 1. The lowest BCUT2D eigenvalue weighted by Crippen LogP contribution is -2.49. The van der Waals surface area contributed by atoms with E-state index in [-0.39, 0.29) is 12.0 Å². The lowest BCUT2D eigenvalue weighted by molar-refractivity contribution is -0.142. The van der Waals surface area contributed by atoms with Crippen LogP contribution in [0.3, 0.4) is 0 Å². The molecule has 2 rings (SSSR count). The highest BCUT2D eigenvalue weighted by Crippen LogP contribution is 2.22. The Kier molecular flexibility index (Phi) is 5.01. The van der Waals surface area contributed by atoms with E-state index in [0.717, 1.165) is 32.7 Å². The van der Waals surface area contributed by atoms with Gasteiger partial charge in [-0.05, 0) is 38.6 Å². The fourth-order valence-corrected chi connectivity index (χ4v) is 2.91. The highest BCUT2D eigenvalue weighted by Gasteiger charge is 2.34. The average molecular weight is 254 g/mol. The van der Waals surface area contributed by atoms with Crippen molar-refractivity contribution in [1.82, 2.24) is 10.2 Å². The van der Waals surface area contributed by atoms with E-state index in [1.54, 1.807) is 0 Å². The van der Waals surface area contributed by atoms with Crippen LogP contribution in [-0.4, -0.2) is 49.2 Å². The molecule has 2 aliphatic rings. The molecule has 2 heterocycles. The second kappa shape index (κ2) is 6.53. The van der Waals surface area contributed by atoms with Gasteiger partial charge in [-0.1, -0.05) is 13.3 Å². The van der Waals surface area contributed by atoms with Crippen LogP contribution in [0.5, 0.6) is 0 Å². The summed E-state index contributed by atoms with van der Waals surface area (Å²) >= 11 is 0. The van der Waals surface area contributed by atoms with Gasteiger partial charge in [0.25, 0.3) is 5.91 Å². The normalized spacial score (nSPS) is 32.4. The minimum Gasteiger partial charge on any atom is -0.368 e. The van der Waals surface area contributed by atoms with Gasteiger partial charge >= 0.3 is 0 Å². The second-order valence-electron chi connectivity index (χ2n) is 5.58. The molecule has 0 bridgehead atoms. The molecule has 3 unspecified atom stereocenters. The van der Waals surface area contributed by atoms with Gasteiger partial charge in [0.1, 0.15) is 6.10 Å². The van der Waals surface area contributed by atoms with Gasteiger partial charge in [-0.3, -0.25) is 4.79 Å². The molecule has 18 heavy (non-hydrogen) atoms. The molecule has 0 aromatic carbocycles. The third-order valence-corrected chi connectivity index (χ3v) is 4.18. The third kappa shape index (κ3) is 3.23. The van der Waals surface area contributed by atoms with Crippen LogP contribution < -0.4 is 5.32 Å². The summed E-state index contributed by atoms with van der Waals surface area (Å²) in [7, 11) is 0. The van der Waals surface area contributed by atoms with Crippen molar-refractivity contribution in [3.8, 4) is 0 Å². The maximum absolute atomic E-state index is 12.4. The Morgan fingerprint density at radius 3 is 2.78 bits per heavy atom. The van der Waals surface area contributed by atoms with Crippen LogP contribution in [0, 0.1) is 5.92 Å². The Hall–Kier alpha value is -0.610. The summed E-state index contributed by atoms with van der Waals surface area (Å²) in [5.74, 6) is 0.556. The van der Waals surface area contributed by atoms with Crippen molar-refractivity contribution in [3.63, 3.8) is 0 Å². The summed E-state index contributed by atoms with van der Waals surface area (Å²) in [6.45, 7) is 7.61. The van der Waals surface area contributed by atoms with E-state index < -0.39 is 0 Å². The summed E-state index contributed by atoms with van der Waals surface area (Å²) in [6, 6.07) is 0.472. The number of piperidine rings is 1. The largest absolute Gasteiger partial charge is 0.368 e. The van der Waals surface area contributed by atoms with Crippen LogP contribution >= 0.6 is 0 Å². The molecule has 0 aliphatic carbocycles. The fraction of sp³-hybridized carbons (Fsp3) is 0.929. The molecule has 2 aliphatic heterocycles. The van der Waals surface area contributed by atoms with E-state index in [0.29, 0.717) is 12.0 Å². The summed E-state index contributed by atoms with van der Waals surface area (Å²) in [6.07, 6.45) is 4.54. The molecule has 0 radical (unpaired) electrons. The predicted octanol–water partition coefficient (Wildman–Crippen LogP) is 1.40. The summed E-state index contributed by atoms with van der Waals surface area (Å²) in [5, 5.41) is 3.51. The number of ether oxygens (including phenoxy) is 1. The van der Waals surface area contributed by atoms with E-state index in [1.165, 1.54) is 19.3 Å². The minimum absolute atomic E-state index is 0.190. The molecule has 1 amide bonds. The Morgan fingerprint density at radius 2 is 2.22 bits per heavy atom. The van der Waals surface area contributed by atoms with Crippen LogP contribution in [0.4, 0.5) is 0 Å². The van der Waals surface area contributed by atoms with Crippen molar-refractivity contribution >= 4 is 5.91 Å². The van der Waals surface area contributed by atoms with Crippen molar-refractivity contribution in [2.75, 3.05) is 26.2 Å². The van der Waals surface area contributed by atoms with Crippen molar-refractivity contribution in [3.05, 3.63) is 0 Å². The minimum atomic E-state index is -0.200. The fourth-order valence-electron chi connectivity index (χ4n) is 2.91. The monoisotopic (exact) mass is 254 g/mol. The quantitative estimate of drug-likeness (QED) is 0.824. The Morgan fingerprint density at radius 1 is 1.39 bits per heavy atom. The molecule has 0 saturated carbocycles. The number of rotatable bonds is 4. The smallest absolute Gasteiger partial charge is 0.252 e. The first kappa shape index (κ1) is 13.8. The molecule has 2 saturated heterocycles. The van der Waals surface area contributed by atoms with E-state index >= 15 is 0 Å². The van der Waals surface area contributed by atoms with Crippen LogP contribution in [-0.2, 0) is 9.53 Å². The van der Waals surface area contributed by atoms with Crippen molar-refractivity contribution in [2.45, 2.75) is 51.7 Å². The summed E-state index contributed by atoms with van der Waals surface area (Å²) in [4.78, 5) is 14.4. The zero-order valence-electron chi connectivity index (χ0n) is 11.7. The number of amides is 1. The highest BCUT2D eigenvalue weighted by atomic mass is 16.5. The van der Waals surface area contributed by atoms with Gasteiger partial charge in [0.15, 0.2) is 0 Å². The Balaban J connectivity index is 1.88. The highest BCUT2D eigenvalue weighted by molar-refractivity contribution is 5.81. The molecule has 1 N–H and O–H groups in total. The first-order chi connectivity index (χ1) is 8.72. The second-order valence-corrected chi connectivity index (χ2v) is 5.58. The van der Waals surface area contributed by atoms with Crippen LogP contribution in [0.1, 0.15) is 39.5 Å². The van der Waals surface area contributed by atoms with Crippen molar-refractivity contribution in [1.29, 1.82) is 0 Å². The van der Waals surface area contributed by atoms with Gasteiger partial charge in [0.2, 0.25) is 0 Å². The maximum atomic E-state index is 12.4. The zero-order valence-corrected chi connectivity index (χ0v) is 11.7. The van der Waals surface area contributed by atoms with Gasteiger partial charge in [0, 0.05) is 25.7 Å². The van der Waals surface area contributed by atoms with Gasteiger partial charge < -0.3 is 15.0 Å². The summed E-state index contributed by atoms with van der Waals surface area (Å²) in [5.41, 5.74) is 0. The average Bonchev–Trinajstić information content (AvgIpc) is 2.82. The molecule has 0 aromatic heterocycles. The van der Waals surface area contributed by atoms with Crippen molar-refractivity contribution < 1.29 is 9.53 Å². The lowest BCUT2D eigenvalue weighted by atomic mass is 10.0. The number of nitrogens with one attached hydrogen (secondary N) is 1. The molecule has 0 aromatic rings. The van der Waals surface area contributed by atoms with Crippen LogP contribution in [0.15, 0.2) is 0 Å². The lowest BCUT2D eigenvalue weighted by Gasteiger charge is -2.31. The zero-order chi connectivity index (χ0) is 13.0. The van der Waals surface area contributed by atoms with Crippen molar-refractivity contribution in [2.24, 2.45) is 5.92 Å². The number of hydrogen-bond acceptors (Lipinski definition) is 3. The SMILES string of the molecule is CCN(CC1CCCCN1)C(=O)C1OCCC1C. The first-order valence-electron chi connectivity index (χ1n) is 7.36. The first-order valence-corrected chi connectivity index (χ1v) is 7.36. The molecule has 104 valence electrons. The summed E-state index contributed by atoms with van der Waals surface area (Å²) < 4.78 is 5.59. The van der Waals surface area contributed by atoms with Crippen LogP contribution in [0.2, 0.25) is 0 Å². The molecule has 2 fully saturated rings. The van der Waals surface area contributed by atoms with Gasteiger partial charge in [-0.2, -0.15) is 0 Å². The van der Waals surface area contributed by atoms with E-state index in [4.69, 9.17) is 4.74 Å². The van der Waals surface area contributed by atoms with Gasteiger partial charge in [0.05, 0.1) is 0 Å². The van der Waals surface area contributed by atoms with E-state index in [9.17, 15) is 4.79 Å². The molecular weight excluding hydrogens is 228 g/mol. The Bertz CT molecular complexity index is 277. The van der Waals surface area contributed by atoms with Gasteiger partial charge in [-0.25, -0.2) is 0 Å². The molecule has 0 spiro atoms. The standard InChI is InChI=1S/C14H26N2O2/c1-3-16(10-12-6-4-5-8-15-12)14(17)13-11(2)7-9-18-13/h11-13,15H,3-10H2,1-2H3. The van der Waals surface area contributed by atoms with Crippen LogP contribution in [0.25, 0.3) is 0 Å². The third-order valence-electron chi connectivity index (χ3n) is 4.18. The molecule has 3 atom stereocenters. The molecule has 4 heteroatoms. The Labute approximate surface area is 110 Å². The van der Waals surface area contributed by atoms with E-state index in [1.807, 2.05) is 4.90 Å². The predicted molar refractivity (Wildman–Crippen MR) is 71.4 cm³/mol. The molecular formula is C14H26N2O2.